The lowest BCUT2D eigenvalue weighted by atomic mass is 10.1. The smallest absolute Gasteiger partial charge is 0.252 e. The predicted molar refractivity (Wildman–Crippen MR) is 110 cm³/mol. The van der Waals surface area contributed by atoms with Crippen LogP contribution in [0.1, 0.15) is 0 Å². The number of anilines is 1. The van der Waals surface area contributed by atoms with Gasteiger partial charge in [-0.05, 0) is 48.5 Å². The van der Waals surface area contributed by atoms with E-state index in [9.17, 15) is 9.59 Å². The molecular formula is C19H16BrN3O3S. The molecule has 0 saturated carbocycles. The second kappa shape index (κ2) is 8.88. The molecule has 8 heteroatoms. The third-order valence-corrected chi connectivity index (χ3v) is 4.98. The van der Waals surface area contributed by atoms with Gasteiger partial charge in [0.1, 0.15) is 5.75 Å². The van der Waals surface area contributed by atoms with Crippen molar-refractivity contribution in [1.29, 1.82) is 0 Å². The number of carbonyl (C=O) groups is 1. The molecule has 0 fully saturated rings. The van der Waals surface area contributed by atoms with Gasteiger partial charge in [0.15, 0.2) is 5.16 Å². The third kappa shape index (κ3) is 5.45. The van der Waals surface area contributed by atoms with Crippen molar-refractivity contribution in [2.75, 3.05) is 18.2 Å². The Morgan fingerprint density at radius 3 is 2.56 bits per heavy atom. The lowest BCUT2D eigenvalue weighted by molar-refractivity contribution is -0.113. The fraction of sp³-hybridized carbons (Fsp3) is 0.105. The SMILES string of the molecule is COc1ccc(-c2cc(=O)[nH]c(SCC(=O)Nc3ccc(Br)cc3)n2)cc1. The van der Waals surface area contributed by atoms with E-state index >= 15 is 0 Å². The summed E-state index contributed by atoms with van der Waals surface area (Å²) in [6.45, 7) is 0. The van der Waals surface area contributed by atoms with Gasteiger partial charge in [-0.3, -0.25) is 9.59 Å². The molecule has 1 aromatic heterocycles. The monoisotopic (exact) mass is 445 g/mol. The summed E-state index contributed by atoms with van der Waals surface area (Å²) < 4.78 is 6.07. The summed E-state index contributed by atoms with van der Waals surface area (Å²) in [4.78, 5) is 31.1. The minimum Gasteiger partial charge on any atom is -0.497 e. The van der Waals surface area contributed by atoms with Crippen LogP contribution in [0.15, 0.2) is 69.0 Å². The van der Waals surface area contributed by atoms with Gasteiger partial charge < -0.3 is 15.0 Å². The molecule has 0 bridgehead atoms. The van der Waals surface area contributed by atoms with Crippen LogP contribution >= 0.6 is 27.7 Å². The lowest BCUT2D eigenvalue weighted by Gasteiger charge is -2.07. The van der Waals surface area contributed by atoms with Crippen molar-refractivity contribution in [3.63, 3.8) is 0 Å². The zero-order chi connectivity index (χ0) is 19.2. The van der Waals surface area contributed by atoms with E-state index in [2.05, 4.69) is 31.2 Å². The summed E-state index contributed by atoms with van der Waals surface area (Å²) in [5.74, 6) is 0.674. The van der Waals surface area contributed by atoms with Gasteiger partial charge in [0, 0.05) is 21.8 Å². The first-order chi connectivity index (χ1) is 13.0. The molecule has 2 N–H and O–H groups in total. The molecule has 0 atom stereocenters. The first kappa shape index (κ1) is 19.2. The largest absolute Gasteiger partial charge is 0.497 e. The highest BCUT2D eigenvalue weighted by atomic mass is 79.9. The first-order valence-corrected chi connectivity index (χ1v) is 9.75. The Bertz CT molecular complexity index is 988. The number of methoxy groups -OCH3 is 1. The van der Waals surface area contributed by atoms with Crippen molar-refractivity contribution >= 4 is 39.3 Å². The summed E-state index contributed by atoms with van der Waals surface area (Å²) >= 11 is 4.52. The average molecular weight is 446 g/mol. The number of rotatable bonds is 6. The summed E-state index contributed by atoms with van der Waals surface area (Å²) in [7, 11) is 1.59. The van der Waals surface area contributed by atoms with E-state index in [-0.39, 0.29) is 17.2 Å². The number of ether oxygens (including phenoxy) is 1. The maximum atomic E-state index is 12.1. The Balaban J connectivity index is 1.67. The van der Waals surface area contributed by atoms with E-state index in [1.807, 2.05) is 24.3 Å². The second-order valence-electron chi connectivity index (χ2n) is 5.51. The van der Waals surface area contributed by atoms with E-state index in [0.29, 0.717) is 16.5 Å². The first-order valence-electron chi connectivity index (χ1n) is 7.97. The van der Waals surface area contributed by atoms with Gasteiger partial charge in [-0.1, -0.05) is 27.7 Å². The van der Waals surface area contributed by atoms with Crippen LogP contribution in [0.25, 0.3) is 11.3 Å². The van der Waals surface area contributed by atoms with Gasteiger partial charge in [-0.25, -0.2) is 4.98 Å². The second-order valence-corrected chi connectivity index (χ2v) is 7.39. The Morgan fingerprint density at radius 1 is 1.19 bits per heavy atom. The van der Waals surface area contributed by atoms with Crippen molar-refractivity contribution in [3.05, 3.63) is 69.4 Å². The van der Waals surface area contributed by atoms with E-state index in [0.717, 1.165) is 15.8 Å². The number of hydrogen-bond donors (Lipinski definition) is 2. The Labute approximate surface area is 168 Å². The fourth-order valence-corrected chi connectivity index (χ4v) is 3.22. The molecule has 1 heterocycles. The molecule has 0 spiro atoms. The molecule has 0 aliphatic heterocycles. The van der Waals surface area contributed by atoms with Crippen molar-refractivity contribution in [2.24, 2.45) is 0 Å². The maximum Gasteiger partial charge on any atom is 0.252 e. The fourth-order valence-electron chi connectivity index (χ4n) is 2.28. The number of H-pyrrole nitrogens is 1. The topological polar surface area (TPSA) is 84.1 Å². The summed E-state index contributed by atoms with van der Waals surface area (Å²) in [5.41, 5.74) is 1.77. The van der Waals surface area contributed by atoms with E-state index in [4.69, 9.17) is 4.74 Å². The van der Waals surface area contributed by atoms with Crippen LogP contribution in [-0.4, -0.2) is 28.7 Å². The molecule has 0 unspecified atom stereocenters. The van der Waals surface area contributed by atoms with Crippen LogP contribution in [0, 0.1) is 0 Å². The minimum atomic E-state index is -0.272. The summed E-state index contributed by atoms with van der Waals surface area (Å²) in [6.07, 6.45) is 0. The molecule has 27 heavy (non-hydrogen) atoms. The average Bonchev–Trinajstić information content (AvgIpc) is 2.68. The molecule has 0 aliphatic carbocycles. The van der Waals surface area contributed by atoms with Gasteiger partial charge >= 0.3 is 0 Å². The summed E-state index contributed by atoms with van der Waals surface area (Å²) in [5, 5.41) is 3.19. The molecule has 138 valence electrons. The number of benzene rings is 2. The maximum absolute atomic E-state index is 12.1. The molecule has 0 saturated heterocycles. The molecule has 2 aromatic carbocycles. The molecule has 6 nitrogen and oxygen atoms in total. The van der Waals surface area contributed by atoms with E-state index in [1.165, 1.54) is 17.8 Å². The van der Waals surface area contributed by atoms with Gasteiger partial charge in [-0.2, -0.15) is 0 Å². The lowest BCUT2D eigenvalue weighted by Crippen LogP contribution is -2.15. The molecule has 0 aliphatic rings. The Morgan fingerprint density at radius 2 is 1.89 bits per heavy atom. The number of halogens is 1. The molecule has 3 rings (SSSR count). The predicted octanol–water partition coefficient (Wildman–Crippen LogP) is 3.94. The number of amides is 1. The normalized spacial score (nSPS) is 10.4. The van der Waals surface area contributed by atoms with Crippen LogP contribution in [0.3, 0.4) is 0 Å². The van der Waals surface area contributed by atoms with Gasteiger partial charge in [0.2, 0.25) is 5.91 Å². The zero-order valence-electron chi connectivity index (χ0n) is 14.4. The number of aromatic nitrogens is 2. The summed E-state index contributed by atoms with van der Waals surface area (Å²) in [6, 6.07) is 16.0. The standard InChI is InChI=1S/C19H16BrN3O3S/c1-26-15-8-2-12(3-9-15)16-10-17(24)23-19(22-16)27-11-18(25)21-14-6-4-13(20)5-7-14/h2-10H,11H2,1H3,(H,21,25)(H,22,23,24). The van der Waals surface area contributed by atoms with Crippen LogP contribution < -0.4 is 15.6 Å². The van der Waals surface area contributed by atoms with Gasteiger partial charge in [0.25, 0.3) is 5.56 Å². The number of aromatic amines is 1. The van der Waals surface area contributed by atoms with E-state index < -0.39 is 0 Å². The Hall–Kier alpha value is -2.58. The number of carbonyl (C=O) groups excluding carboxylic acids is 1. The quantitative estimate of drug-likeness (QED) is 0.443. The molecule has 0 radical (unpaired) electrons. The highest BCUT2D eigenvalue weighted by Crippen LogP contribution is 2.22. The Kier molecular flexibility index (Phi) is 6.31. The van der Waals surface area contributed by atoms with Crippen LogP contribution in [0.5, 0.6) is 5.75 Å². The molecular weight excluding hydrogens is 430 g/mol. The van der Waals surface area contributed by atoms with Crippen LogP contribution in [0.4, 0.5) is 5.69 Å². The van der Waals surface area contributed by atoms with E-state index in [1.54, 1.807) is 31.4 Å². The van der Waals surface area contributed by atoms with Crippen molar-refractivity contribution in [1.82, 2.24) is 9.97 Å². The number of thioether (sulfide) groups is 1. The van der Waals surface area contributed by atoms with Crippen molar-refractivity contribution in [2.45, 2.75) is 5.16 Å². The highest BCUT2D eigenvalue weighted by molar-refractivity contribution is 9.10. The number of nitrogens with one attached hydrogen (secondary N) is 2. The number of hydrogen-bond acceptors (Lipinski definition) is 5. The van der Waals surface area contributed by atoms with Crippen LogP contribution in [0.2, 0.25) is 0 Å². The van der Waals surface area contributed by atoms with Crippen molar-refractivity contribution in [3.8, 4) is 17.0 Å². The third-order valence-electron chi connectivity index (χ3n) is 3.57. The number of nitrogens with zero attached hydrogens (tertiary/aromatic N) is 1. The van der Waals surface area contributed by atoms with Gasteiger partial charge in [-0.15, -0.1) is 0 Å². The molecule has 1 amide bonds. The molecule has 3 aromatic rings. The minimum absolute atomic E-state index is 0.130. The van der Waals surface area contributed by atoms with Gasteiger partial charge in [0.05, 0.1) is 18.6 Å². The highest BCUT2D eigenvalue weighted by Gasteiger charge is 2.08. The van der Waals surface area contributed by atoms with Crippen LogP contribution in [-0.2, 0) is 4.79 Å². The van der Waals surface area contributed by atoms with Crippen molar-refractivity contribution < 1.29 is 9.53 Å². The zero-order valence-corrected chi connectivity index (χ0v) is 16.8.